The molecule has 336 valence electrons. The Morgan fingerprint density at radius 3 is 1.43 bits per heavy atom. The summed E-state index contributed by atoms with van der Waals surface area (Å²) in [7, 11) is 0. The Bertz CT molecular complexity index is 4160. The maximum atomic E-state index is 2.50. The van der Waals surface area contributed by atoms with Crippen molar-refractivity contribution in [2.24, 2.45) is 0 Å². The quantitative estimate of drug-likeness (QED) is 0.137. The summed E-state index contributed by atoms with van der Waals surface area (Å²) in [5, 5.41) is 9.86. The van der Waals surface area contributed by atoms with E-state index in [1.807, 2.05) is 0 Å². The molecule has 13 aromatic rings. The molecule has 0 N–H and O–H groups in total. The Labute approximate surface area is 420 Å². The molecule has 0 fully saturated rings. The van der Waals surface area contributed by atoms with Gasteiger partial charge in [-0.2, -0.15) is 0 Å². The fraction of sp³-hybridized carbons (Fsp3) is 0.0141. The summed E-state index contributed by atoms with van der Waals surface area (Å²) in [4.78, 5) is 2.50. The smallest absolute Gasteiger partial charge is 0.0713 e. The monoisotopic (exact) mass is 913 g/mol. The summed E-state index contributed by atoms with van der Waals surface area (Å²) in [6.07, 6.45) is 0. The van der Waals surface area contributed by atoms with Crippen LogP contribution in [0.5, 0.6) is 0 Å². The number of rotatable bonds is 8. The number of benzene rings is 13. The van der Waals surface area contributed by atoms with Gasteiger partial charge in [0, 0.05) is 16.8 Å². The second-order valence-corrected chi connectivity index (χ2v) is 19.1. The minimum absolute atomic E-state index is 0.492. The molecule has 0 bridgehead atoms. The van der Waals surface area contributed by atoms with Crippen molar-refractivity contribution in [3.05, 3.63) is 307 Å². The number of hydrogen-bond acceptors (Lipinski definition) is 1. The van der Waals surface area contributed by atoms with Gasteiger partial charge in [-0.1, -0.05) is 249 Å². The summed E-state index contributed by atoms with van der Waals surface area (Å²) in [5.74, 6) is 0. The van der Waals surface area contributed by atoms with Gasteiger partial charge in [0.1, 0.15) is 0 Å². The molecule has 14 rings (SSSR count). The first-order valence-electron chi connectivity index (χ1n) is 25.0. The highest BCUT2D eigenvalue weighted by atomic mass is 15.1. The van der Waals surface area contributed by atoms with Crippen molar-refractivity contribution in [1.29, 1.82) is 0 Å². The molecule has 72 heavy (non-hydrogen) atoms. The number of nitrogens with zero attached hydrogens (tertiary/aromatic N) is 1. The fourth-order valence-electron chi connectivity index (χ4n) is 12.2. The third-order valence-corrected chi connectivity index (χ3v) is 15.3. The van der Waals surface area contributed by atoms with E-state index in [-0.39, 0.29) is 0 Å². The standard InChI is InChI=1S/C71H47N/c1-5-22-48(23-6-1)69-63-38-18-16-35-59(63)60-42-40-51(45-65(60)70(69)49-24-7-2-8-25-49)50-27-21-32-55(44-50)72(68-46-52-26-13-14-33-57(52)58-34-15-17-37-62(58)68)56-41-43-67-64(47-56)61-36-19-20-39-66(61)71(67,53-28-9-3-10-29-53)54-30-11-4-12-31-54/h1-47H. The zero-order valence-electron chi connectivity index (χ0n) is 39.6. The first-order chi connectivity index (χ1) is 35.7. The zero-order valence-corrected chi connectivity index (χ0v) is 39.6. The van der Waals surface area contributed by atoms with E-state index in [0.717, 1.165) is 28.2 Å². The molecule has 0 aliphatic heterocycles. The van der Waals surface area contributed by atoms with Crippen LogP contribution in [0.15, 0.2) is 285 Å². The Balaban J connectivity index is 1.02. The van der Waals surface area contributed by atoms with Gasteiger partial charge in [-0.25, -0.2) is 0 Å². The summed E-state index contributed by atoms with van der Waals surface area (Å²) >= 11 is 0. The van der Waals surface area contributed by atoms with Crippen LogP contribution < -0.4 is 4.90 Å². The molecule has 0 spiro atoms. The Kier molecular flexibility index (Phi) is 9.82. The lowest BCUT2D eigenvalue weighted by molar-refractivity contribution is 0.768. The Morgan fingerprint density at radius 2 is 0.736 bits per heavy atom. The van der Waals surface area contributed by atoms with Gasteiger partial charge in [-0.15, -0.1) is 0 Å². The highest BCUT2D eigenvalue weighted by Gasteiger charge is 2.46. The minimum Gasteiger partial charge on any atom is -0.310 e. The SMILES string of the molecule is c1ccc(-c2c(-c3ccccc3)c3cc(-c4cccc(N(c5ccc6c(c5)-c5ccccc5C6(c5ccccc5)c5ccccc5)c5cc6ccccc6c6ccccc56)c4)ccc3c3ccccc23)cc1. The van der Waals surface area contributed by atoms with E-state index in [9.17, 15) is 0 Å². The largest absolute Gasteiger partial charge is 0.310 e. The van der Waals surface area contributed by atoms with Gasteiger partial charge >= 0.3 is 0 Å². The molecular formula is C71H47N. The maximum absolute atomic E-state index is 2.50. The molecule has 0 atom stereocenters. The predicted octanol–water partition coefficient (Wildman–Crippen LogP) is 19.1. The first kappa shape index (κ1) is 41.7. The van der Waals surface area contributed by atoms with Crippen LogP contribution in [0, 0.1) is 0 Å². The average molecular weight is 914 g/mol. The fourth-order valence-corrected chi connectivity index (χ4v) is 12.2. The second kappa shape index (κ2) is 17.0. The molecule has 0 radical (unpaired) electrons. The van der Waals surface area contributed by atoms with Crippen LogP contribution in [0.2, 0.25) is 0 Å². The van der Waals surface area contributed by atoms with Gasteiger partial charge in [-0.05, 0) is 141 Å². The van der Waals surface area contributed by atoms with E-state index in [2.05, 4.69) is 290 Å². The van der Waals surface area contributed by atoms with Crippen molar-refractivity contribution in [2.75, 3.05) is 4.90 Å². The van der Waals surface area contributed by atoms with Crippen molar-refractivity contribution >= 4 is 60.2 Å². The minimum atomic E-state index is -0.492. The Morgan fingerprint density at radius 1 is 0.250 bits per heavy atom. The summed E-state index contributed by atoms with van der Waals surface area (Å²) in [6.45, 7) is 0. The normalized spacial score (nSPS) is 12.6. The van der Waals surface area contributed by atoms with Crippen LogP contribution in [0.1, 0.15) is 22.3 Å². The van der Waals surface area contributed by atoms with E-state index < -0.39 is 5.41 Å². The van der Waals surface area contributed by atoms with Crippen LogP contribution in [0.4, 0.5) is 17.1 Å². The van der Waals surface area contributed by atoms with Gasteiger partial charge in [0.2, 0.25) is 0 Å². The van der Waals surface area contributed by atoms with Crippen LogP contribution in [-0.2, 0) is 5.41 Å². The van der Waals surface area contributed by atoms with Crippen LogP contribution >= 0.6 is 0 Å². The molecule has 0 unspecified atom stereocenters. The van der Waals surface area contributed by atoms with Crippen molar-refractivity contribution in [3.63, 3.8) is 0 Å². The summed E-state index contributed by atoms with van der Waals surface area (Å²) in [5.41, 5.74) is 17.7. The number of fused-ring (bicyclic) bond motifs is 9. The molecule has 1 aliphatic rings. The molecule has 0 aromatic heterocycles. The van der Waals surface area contributed by atoms with E-state index in [1.54, 1.807) is 0 Å². The molecule has 0 saturated heterocycles. The summed E-state index contributed by atoms with van der Waals surface area (Å²) in [6, 6.07) is 106. The predicted molar refractivity (Wildman–Crippen MR) is 305 cm³/mol. The van der Waals surface area contributed by atoms with Gasteiger partial charge < -0.3 is 4.90 Å². The van der Waals surface area contributed by atoms with Crippen LogP contribution in [0.3, 0.4) is 0 Å². The van der Waals surface area contributed by atoms with E-state index >= 15 is 0 Å². The maximum Gasteiger partial charge on any atom is 0.0713 e. The number of hydrogen-bond donors (Lipinski definition) is 0. The van der Waals surface area contributed by atoms with E-state index in [0.29, 0.717) is 0 Å². The highest BCUT2D eigenvalue weighted by Crippen LogP contribution is 2.57. The van der Waals surface area contributed by atoms with Crippen LogP contribution in [-0.4, -0.2) is 0 Å². The molecular weight excluding hydrogens is 867 g/mol. The lowest BCUT2D eigenvalue weighted by atomic mass is 9.68. The molecule has 0 saturated carbocycles. The van der Waals surface area contributed by atoms with E-state index in [1.165, 1.54) is 98.7 Å². The summed E-state index contributed by atoms with van der Waals surface area (Å²) < 4.78 is 0. The van der Waals surface area contributed by atoms with Gasteiger partial charge in [0.15, 0.2) is 0 Å². The first-order valence-corrected chi connectivity index (χ1v) is 25.0. The molecule has 1 aliphatic carbocycles. The van der Waals surface area contributed by atoms with Gasteiger partial charge in [0.25, 0.3) is 0 Å². The van der Waals surface area contributed by atoms with Crippen LogP contribution in [0.25, 0.3) is 87.6 Å². The van der Waals surface area contributed by atoms with E-state index in [4.69, 9.17) is 0 Å². The van der Waals surface area contributed by atoms with Crippen molar-refractivity contribution in [2.45, 2.75) is 5.41 Å². The van der Waals surface area contributed by atoms with Crippen molar-refractivity contribution < 1.29 is 0 Å². The number of anilines is 3. The highest BCUT2D eigenvalue weighted by molar-refractivity contribution is 6.22. The van der Waals surface area contributed by atoms with Gasteiger partial charge in [0.05, 0.1) is 11.1 Å². The molecule has 0 heterocycles. The third-order valence-electron chi connectivity index (χ3n) is 15.3. The average Bonchev–Trinajstić information content (AvgIpc) is 3.76. The third kappa shape index (κ3) is 6.48. The zero-order chi connectivity index (χ0) is 47.6. The topological polar surface area (TPSA) is 3.24 Å². The second-order valence-electron chi connectivity index (χ2n) is 19.1. The molecule has 0 amide bonds. The molecule has 13 aromatic carbocycles. The van der Waals surface area contributed by atoms with Crippen molar-refractivity contribution in [1.82, 2.24) is 0 Å². The Hall–Kier alpha value is -9.30. The lowest BCUT2D eigenvalue weighted by Gasteiger charge is -2.34. The molecule has 1 heteroatoms. The molecule has 1 nitrogen and oxygen atoms in total. The lowest BCUT2D eigenvalue weighted by Crippen LogP contribution is -2.28. The van der Waals surface area contributed by atoms with Crippen molar-refractivity contribution in [3.8, 4) is 44.5 Å². The van der Waals surface area contributed by atoms with Gasteiger partial charge in [-0.3, -0.25) is 0 Å².